The number of amides is 1. The van der Waals surface area contributed by atoms with Gasteiger partial charge in [0.15, 0.2) is 0 Å². The molecule has 9 heteroatoms. The minimum atomic E-state index is -4.93. The lowest BCUT2D eigenvalue weighted by molar-refractivity contribution is -0.143. The van der Waals surface area contributed by atoms with Crippen LogP contribution < -0.4 is 0 Å². The molecule has 1 heterocycles. The van der Waals surface area contributed by atoms with E-state index in [4.69, 9.17) is 4.74 Å². The molecule has 0 spiro atoms. The van der Waals surface area contributed by atoms with Gasteiger partial charge in [0.05, 0.1) is 16.7 Å². The predicted octanol–water partition coefficient (Wildman–Crippen LogP) is 7.58. The highest BCUT2D eigenvalue weighted by Crippen LogP contribution is 2.39. The Labute approximate surface area is 178 Å². The van der Waals surface area contributed by atoms with Gasteiger partial charge in [-0.25, -0.2) is 4.79 Å². The van der Waals surface area contributed by atoms with E-state index in [1.807, 2.05) is 6.92 Å². The molecular formula is C22H29F6NO2. The summed E-state index contributed by atoms with van der Waals surface area (Å²) in [5, 5.41) is 0. The molecule has 0 N–H and O–H groups in total. The molecule has 0 aromatic heterocycles. The van der Waals surface area contributed by atoms with Crippen LogP contribution in [0.1, 0.15) is 81.9 Å². The SMILES string of the molecule is CCCCCCCCC1(CC)COC(=O)N1Cc1cc(C(F)(F)F)cc(C(F)(F)F)c1. The minimum Gasteiger partial charge on any atom is -0.447 e. The molecule has 1 aromatic rings. The third-order valence-corrected chi connectivity index (χ3v) is 5.90. The fourth-order valence-corrected chi connectivity index (χ4v) is 3.98. The van der Waals surface area contributed by atoms with Gasteiger partial charge in [0.2, 0.25) is 0 Å². The maximum Gasteiger partial charge on any atom is 0.416 e. The van der Waals surface area contributed by atoms with Crippen molar-refractivity contribution in [3.63, 3.8) is 0 Å². The molecule has 31 heavy (non-hydrogen) atoms. The van der Waals surface area contributed by atoms with Crippen LogP contribution in [-0.4, -0.2) is 23.1 Å². The molecule has 0 radical (unpaired) electrons. The molecule has 1 atom stereocenters. The van der Waals surface area contributed by atoms with Crippen molar-refractivity contribution in [3.05, 3.63) is 34.9 Å². The largest absolute Gasteiger partial charge is 0.447 e. The van der Waals surface area contributed by atoms with Crippen molar-refractivity contribution in [2.45, 2.75) is 89.7 Å². The molecule has 3 nitrogen and oxygen atoms in total. The van der Waals surface area contributed by atoms with Crippen LogP contribution in [0.5, 0.6) is 0 Å². The summed E-state index contributed by atoms with van der Waals surface area (Å²) in [7, 11) is 0. The number of alkyl halides is 6. The number of cyclic esters (lactones) is 1. The average Bonchev–Trinajstić information content (AvgIpc) is 2.99. The van der Waals surface area contributed by atoms with Gasteiger partial charge in [0.1, 0.15) is 6.61 Å². The third kappa shape index (κ3) is 6.53. The zero-order valence-electron chi connectivity index (χ0n) is 17.8. The van der Waals surface area contributed by atoms with Crippen molar-refractivity contribution in [2.75, 3.05) is 6.61 Å². The first-order valence-electron chi connectivity index (χ1n) is 10.7. The first kappa shape index (κ1) is 25.3. The second-order valence-corrected chi connectivity index (χ2v) is 8.15. The number of benzene rings is 1. The van der Waals surface area contributed by atoms with Gasteiger partial charge >= 0.3 is 18.4 Å². The van der Waals surface area contributed by atoms with Gasteiger partial charge in [0.25, 0.3) is 0 Å². The molecule has 1 aromatic carbocycles. The van der Waals surface area contributed by atoms with Gasteiger partial charge in [-0.15, -0.1) is 0 Å². The third-order valence-electron chi connectivity index (χ3n) is 5.90. The topological polar surface area (TPSA) is 29.5 Å². The van der Waals surface area contributed by atoms with Gasteiger partial charge in [-0.2, -0.15) is 26.3 Å². The number of nitrogens with zero attached hydrogens (tertiary/aromatic N) is 1. The second kappa shape index (κ2) is 10.1. The molecule has 1 unspecified atom stereocenters. The number of halogens is 6. The van der Waals surface area contributed by atoms with E-state index in [2.05, 4.69) is 6.92 Å². The van der Waals surface area contributed by atoms with Crippen LogP contribution in [0.15, 0.2) is 18.2 Å². The van der Waals surface area contributed by atoms with Crippen LogP contribution in [0, 0.1) is 0 Å². The van der Waals surface area contributed by atoms with Crippen molar-refractivity contribution in [1.29, 1.82) is 0 Å². The van der Waals surface area contributed by atoms with Crippen molar-refractivity contribution in [3.8, 4) is 0 Å². The Hall–Kier alpha value is -1.93. The molecule has 1 saturated heterocycles. The van der Waals surface area contributed by atoms with E-state index in [1.54, 1.807) is 0 Å². The van der Waals surface area contributed by atoms with Crippen LogP contribution >= 0.6 is 0 Å². The molecule has 1 aliphatic rings. The molecule has 1 amide bonds. The second-order valence-electron chi connectivity index (χ2n) is 8.15. The maximum atomic E-state index is 13.2. The Bertz CT molecular complexity index is 714. The fraction of sp³-hybridized carbons (Fsp3) is 0.682. The Morgan fingerprint density at radius 2 is 1.45 bits per heavy atom. The minimum absolute atomic E-state index is 0.0857. The summed E-state index contributed by atoms with van der Waals surface area (Å²) in [6.45, 7) is 3.68. The Kier molecular flexibility index (Phi) is 8.27. The summed E-state index contributed by atoms with van der Waals surface area (Å²) >= 11 is 0. The molecule has 1 fully saturated rings. The van der Waals surface area contributed by atoms with Gasteiger partial charge in [-0.1, -0.05) is 52.4 Å². The molecule has 0 aliphatic carbocycles. The van der Waals surface area contributed by atoms with E-state index < -0.39 is 35.1 Å². The quantitative estimate of drug-likeness (QED) is 0.270. The van der Waals surface area contributed by atoms with E-state index in [-0.39, 0.29) is 24.8 Å². The number of carbonyl (C=O) groups is 1. The number of hydrogen-bond donors (Lipinski definition) is 0. The van der Waals surface area contributed by atoms with Gasteiger partial charge in [0, 0.05) is 6.54 Å². The number of ether oxygens (including phenoxy) is 1. The first-order chi connectivity index (χ1) is 14.4. The van der Waals surface area contributed by atoms with E-state index in [0.717, 1.165) is 38.5 Å². The highest BCUT2D eigenvalue weighted by Gasteiger charge is 2.46. The molecule has 0 saturated carbocycles. The van der Waals surface area contributed by atoms with Crippen LogP contribution in [0.4, 0.5) is 31.1 Å². The lowest BCUT2D eigenvalue weighted by Crippen LogP contribution is -2.46. The van der Waals surface area contributed by atoms with Crippen LogP contribution in [-0.2, 0) is 23.6 Å². The maximum absolute atomic E-state index is 13.2. The van der Waals surface area contributed by atoms with Crippen LogP contribution in [0.3, 0.4) is 0 Å². The lowest BCUT2D eigenvalue weighted by Gasteiger charge is -2.35. The molecule has 176 valence electrons. The molecular weight excluding hydrogens is 424 g/mol. The lowest BCUT2D eigenvalue weighted by atomic mass is 9.88. The van der Waals surface area contributed by atoms with E-state index in [9.17, 15) is 31.1 Å². The zero-order valence-corrected chi connectivity index (χ0v) is 17.8. The number of rotatable bonds is 10. The van der Waals surface area contributed by atoms with Gasteiger partial charge < -0.3 is 4.74 Å². The van der Waals surface area contributed by atoms with E-state index in [1.165, 1.54) is 4.90 Å². The predicted molar refractivity (Wildman–Crippen MR) is 104 cm³/mol. The monoisotopic (exact) mass is 453 g/mol. The first-order valence-corrected chi connectivity index (χ1v) is 10.7. The smallest absolute Gasteiger partial charge is 0.416 e. The normalized spacial score (nSPS) is 19.7. The van der Waals surface area contributed by atoms with Crippen molar-refractivity contribution in [2.24, 2.45) is 0 Å². The number of carbonyl (C=O) groups excluding carboxylic acids is 1. The van der Waals surface area contributed by atoms with Crippen molar-refractivity contribution >= 4 is 6.09 Å². The Morgan fingerprint density at radius 1 is 0.903 bits per heavy atom. The standard InChI is InChI=1S/C22H29F6NO2/c1-3-5-6-7-8-9-10-20(4-2)15-31-19(30)29(20)14-16-11-17(21(23,24)25)13-18(12-16)22(26,27)28/h11-13H,3-10,14-15H2,1-2H3. The summed E-state index contributed by atoms with van der Waals surface area (Å²) in [4.78, 5) is 13.7. The average molecular weight is 453 g/mol. The summed E-state index contributed by atoms with van der Waals surface area (Å²) in [5.74, 6) is 0. The fourth-order valence-electron chi connectivity index (χ4n) is 3.98. The summed E-state index contributed by atoms with van der Waals surface area (Å²) in [5.41, 5.74) is -3.72. The molecule has 0 bridgehead atoms. The highest BCUT2D eigenvalue weighted by atomic mass is 19.4. The molecule has 1 aliphatic heterocycles. The van der Waals surface area contributed by atoms with Crippen LogP contribution in [0.2, 0.25) is 0 Å². The zero-order chi connectivity index (χ0) is 23.3. The highest BCUT2D eigenvalue weighted by molar-refractivity contribution is 5.71. The van der Waals surface area contributed by atoms with Crippen molar-refractivity contribution < 1.29 is 35.9 Å². The number of unbranched alkanes of at least 4 members (excludes halogenated alkanes) is 5. The van der Waals surface area contributed by atoms with Crippen molar-refractivity contribution in [1.82, 2.24) is 4.90 Å². The van der Waals surface area contributed by atoms with E-state index >= 15 is 0 Å². The Balaban J connectivity index is 2.24. The molecule has 2 rings (SSSR count). The van der Waals surface area contributed by atoms with Gasteiger partial charge in [-0.05, 0) is 36.6 Å². The Morgan fingerprint density at radius 3 is 1.97 bits per heavy atom. The summed E-state index contributed by atoms with van der Waals surface area (Å²) < 4.78 is 84.2. The number of hydrogen-bond acceptors (Lipinski definition) is 2. The summed E-state index contributed by atoms with van der Waals surface area (Å²) in [6, 6.07) is 1.44. The van der Waals surface area contributed by atoms with Gasteiger partial charge in [-0.3, -0.25) is 4.90 Å². The van der Waals surface area contributed by atoms with E-state index in [0.29, 0.717) is 25.0 Å². The van der Waals surface area contributed by atoms with Crippen LogP contribution in [0.25, 0.3) is 0 Å². The summed E-state index contributed by atoms with van der Waals surface area (Å²) in [6.07, 6.45) is -3.31.